The zero-order chi connectivity index (χ0) is 14.4. The van der Waals surface area contributed by atoms with Gasteiger partial charge in [0.15, 0.2) is 11.5 Å². The zero-order valence-corrected chi connectivity index (χ0v) is 12.5. The Labute approximate surface area is 121 Å². The van der Waals surface area contributed by atoms with Crippen LogP contribution in [0.2, 0.25) is 0 Å². The molecule has 0 fully saturated rings. The van der Waals surface area contributed by atoms with Crippen LogP contribution in [0, 0.1) is 6.92 Å². The van der Waals surface area contributed by atoms with Crippen molar-refractivity contribution in [2.45, 2.75) is 26.7 Å². The van der Waals surface area contributed by atoms with Gasteiger partial charge in [0, 0.05) is 12.0 Å². The van der Waals surface area contributed by atoms with E-state index in [0.29, 0.717) is 6.61 Å². The lowest BCUT2D eigenvalue weighted by Crippen LogP contribution is -2.04. The molecule has 0 aromatic heterocycles. The Hall–Kier alpha value is -1.96. The molecular weight excluding hydrogens is 248 g/mol. The summed E-state index contributed by atoms with van der Waals surface area (Å²) in [6.45, 7) is 4.94. The first-order valence-corrected chi connectivity index (χ1v) is 7.09. The number of aryl methyl sites for hydroxylation is 1. The highest BCUT2D eigenvalue weighted by Gasteiger charge is 2.14. The van der Waals surface area contributed by atoms with E-state index in [1.165, 1.54) is 16.7 Å². The van der Waals surface area contributed by atoms with E-state index in [9.17, 15) is 0 Å². The molecule has 2 nitrogen and oxygen atoms in total. The number of hydrogen-bond donors (Lipinski definition) is 0. The average molecular weight is 270 g/mol. The smallest absolute Gasteiger partial charge is 0.164 e. The second kappa shape index (κ2) is 6.99. The van der Waals surface area contributed by atoms with Gasteiger partial charge in [-0.25, -0.2) is 0 Å². The Balaban J connectivity index is 2.38. The lowest BCUT2D eigenvalue weighted by Gasteiger charge is -2.17. The third kappa shape index (κ3) is 3.32. The van der Waals surface area contributed by atoms with Crippen LogP contribution in [0.1, 0.15) is 30.0 Å². The molecule has 0 amide bonds. The van der Waals surface area contributed by atoms with E-state index in [2.05, 4.69) is 44.2 Å². The van der Waals surface area contributed by atoms with Crippen molar-refractivity contribution in [1.82, 2.24) is 0 Å². The van der Waals surface area contributed by atoms with E-state index in [1.807, 2.05) is 12.1 Å². The molecule has 0 aliphatic carbocycles. The van der Waals surface area contributed by atoms with Crippen LogP contribution in [0.4, 0.5) is 0 Å². The van der Waals surface area contributed by atoms with Gasteiger partial charge in [-0.1, -0.05) is 43.3 Å². The first-order valence-electron chi connectivity index (χ1n) is 7.09. The standard InChI is InChI=1S/C18H22O2/c1-4-12-20-18-16(13-15-8-6-5-7-9-15)14(2)10-11-17(18)19-3/h5-11H,4,12-13H2,1-3H3. The van der Waals surface area contributed by atoms with Gasteiger partial charge in [-0.2, -0.15) is 0 Å². The Morgan fingerprint density at radius 2 is 1.75 bits per heavy atom. The zero-order valence-electron chi connectivity index (χ0n) is 12.5. The van der Waals surface area contributed by atoms with Crippen molar-refractivity contribution in [3.63, 3.8) is 0 Å². The van der Waals surface area contributed by atoms with E-state index in [4.69, 9.17) is 9.47 Å². The molecule has 0 N–H and O–H groups in total. The second-order valence-electron chi connectivity index (χ2n) is 4.90. The maximum atomic E-state index is 5.94. The number of hydrogen-bond acceptors (Lipinski definition) is 2. The maximum absolute atomic E-state index is 5.94. The summed E-state index contributed by atoms with van der Waals surface area (Å²) < 4.78 is 11.4. The highest BCUT2D eigenvalue weighted by atomic mass is 16.5. The van der Waals surface area contributed by atoms with Crippen LogP contribution in [0.3, 0.4) is 0 Å². The fourth-order valence-corrected chi connectivity index (χ4v) is 2.25. The molecule has 0 spiro atoms. The van der Waals surface area contributed by atoms with Crippen molar-refractivity contribution in [1.29, 1.82) is 0 Å². The second-order valence-corrected chi connectivity index (χ2v) is 4.90. The molecule has 0 atom stereocenters. The Bertz CT molecular complexity index is 547. The highest BCUT2D eigenvalue weighted by molar-refractivity contribution is 5.52. The van der Waals surface area contributed by atoms with Crippen molar-refractivity contribution in [3.8, 4) is 11.5 Å². The van der Waals surface area contributed by atoms with Gasteiger partial charge in [-0.15, -0.1) is 0 Å². The molecule has 0 unspecified atom stereocenters. The fourth-order valence-electron chi connectivity index (χ4n) is 2.25. The molecule has 2 heteroatoms. The van der Waals surface area contributed by atoms with Crippen molar-refractivity contribution >= 4 is 0 Å². The van der Waals surface area contributed by atoms with E-state index < -0.39 is 0 Å². The molecule has 0 aliphatic rings. The minimum atomic E-state index is 0.710. The lowest BCUT2D eigenvalue weighted by atomic mass is 9.99. The van der Waals surface area contributed by atoms with Crippen molar-refractivity contribution in [2.24, 2.45) is 0 Å². The molecule has 0 bridgehead atoms. The van der Waals surface area contributed by atoms with Crippen LogP contribution in [0.15, 0.2) is 42.5 Å². The highest BCUT2D eigenvalue weighted by Crippen LogP contribution is 2.35. The maximum Gasteiger partial charge on any atom is 0.164 e. The minimum absolute atomic E-state index is 0.710. The summed E-state index contributed by atoms with van der Waals surface area (Å²) in [5.74, 6) is 1.70. The first kappa shape index (κ1) is 14.4. The molecule has 0 saturated carbocycles. The topological polar surface area (TPSA) is 18.5 Å². The largest absolute Gasteiger partial charge is 0.493 e. The van der Waals surface area contributed by atoms with Gasteiger partial charge >= 0.3 is 0 Å². The van der Waals surface area contributed by atoms with Crippen LogP contribution >= 0.6 is 0 Å². The molecule has 2 aromatic carbocycles. The number of methoxy groups -OCH3 is 1. The van der Waals surface area contributed by atoms with Gasteiger partial charge in [-0.05, 0) is 30.5 Å². The molecule has 0 heterocycles. The van der Waals surface area contributed by atoms with Gasteiger partial charge in [0.05, 0.1) is 13.7 Å². The van der Waals surface area contributed by atoms with Gasteiger partial charge in [0.1, 0.15) is 0 Å². The van der Waals surface area contributed by atoms with Gasteiger partial charge in [-0.3, -0.25) is 0 Å². The molecule has 20 heavy (non-hydrogen) atoms. The SMILES string of the molecule is CCCOc1c(OC)ccc(C)c1Cc1ccccc1. The fraction of sp³-hybridized carbons (Fsp3) is 0.333. The summed E-state index contributed by atoms with van der Waals surface area (Å²) in [5.41, 5.74) is 3.73. The molecule has 106 valence electrons. The van der Waals surface area contributed by atoms with E-state index >= 15 is 0 Å². The Morgan fingerprint density at radius 3 is 2.40 bits per heavy atom. The summed E-state index contributed by atoms with van der Waals surface area (Å²) in [7, 11) is 1.69. The van der Waals surface area contributed by atoms with Gasteiger partial charge in [0.25, 0.3) is 0 Å². The lowest BCUT2D eigenvalue weighted by molar-refractivity contribution is 0.291. The van der Waals surface area contributed by atoms with Crippen molar-refractivity contribution in [2.75, 3.05) is 13.7 Å². The molecule has 2 aromatic rings. The third-order valence-electron chi connectivity index (χ3n) is 3.35. The third-order valence-corrected chi connectivity index (χ3v) is 3.35. The molecule has 0 saturated heterocycles. The average Bonchev–Trinajstić information content (AvgIpc) is 2.49. The first-order chi connectivity index (χ1) is 9.76. The molecule has 2 rings (SSSR count). The van der Waals surface area contributed by atoms with Crippen LogP contribution < -0.4 is 9.47 Å². The quantitative estimate of drug-likeness (QED) is 0.775. The summed E-state index contributed by atoms with van der Waals surface area (Å²) in [4.78, 5) is 0. The Kier molecular flexibility index (Phi) is 5.05. The minimum Gasteiger partial charge on any atom is -0.493 e. The predicted octanol–water partition coefficient (Wildman–Crippen LogP) is 4.38. The summed E-state index contributed by atoms with van der Waals surface area (Å²) in [5, 5.41) is 0. The van der Waals surface area contributed by atoms with Gasteiger partial charge in [0.2, 0.25) is 0 Å². The number of rotatable bonds is 6. The monoisotopic (exact) mass is 270 g/mol. The number of ether oxygens (including phenoxy) is 2. The van der Waals surface area contributed by atoms with Crippen LogP contribution in [-0.2, 0) is 6.42 Å². The van der Waals surface area contributed by atoms with E-state index in [1.54, 1.807) is 7.11 Å². The van der Waals surface area contributed by atoms with Gasteiger partial charge < -0.3 is 9.47 Å². The molecular formula is C18H22O2. The summed E-state index contributed by atoms with van der Waals surface area (Å²) in [6.07, 6.45) is 1.85. The normalized spacial score (nSPS) is 10.3. The number of benzene rings is 2. The van der Waals surface area contributed by atoms with Crippen molar-refractivity contribution in [3.05, 3.63) is 59.2 Å². The Morgan fingerprint density at radius 1 is 1.00 bits per heavy atom. The van der Waals surface area contributed by atoms with E-state index in [0.717, 1.165) is 24.3 Å². The molecule has 0 radical (unpaired) electrons. The van der Waals surface area contributed by atoms with E-state index in [-0.39, 0.29) is 0 Å². The molecule has 0 aliphatic heterocycles. The summed E-state index contributed by atoms with van der Waals surface area (Å²) in [6, 6.07) is 14.5. The van der Waals surface area contributed by atoms with Crippen LogP contribution in [-0.4, -0.2) is 13.7 Å². The van der Waals surface area contributed by atoms with Crippen LogP contribution in [0.25, 0.3) is 0 Å². The van der Waals surface area contributed by atoms with Crippen LogP contribution in [0.5, 0.6) is 11.5 Å². The van der Waals surface area contributed by atoms with Crippen molar-refractivity contribution < 1.29 is 9.47 Å². The summed E-state index contributed by atoms with van der Waals surface area (Å²) >= 11 is 0. The predicted molar refractivity (Wildman–Crippen MR) is 82.8 cm³/mol.